The average Bonchev–Trinajstić information content (AvgIpc) is 3.39. The van der Waals surface area contributed by atoms with Crippen LogP contribution in [0.4, 0.5) is 10.5 Å². The molecule has 2 aliphatic rings. The molecular weight excluding hydrogens is 308 g/mol. The zero-order valence-corrected chi connectivity index (χ0v) is 13.2. The van der Waals surface area contributed by atoms with Gasteiger partial charge in [0.2, 0.25) is 5.91 Å². The van der Waals surface area contributed by atoms with Crippen molar-refractivity contribution >= 4 is 23.5 Å². The van der Waals surface area contributed by atoms with E-state index in [1.54, 1.807) is 24.3 Å². The van der Waals surface area contributed by atoms with Gasteiger partial charge in [0.15, 0.2) is 0 Å². The molecule has 7 heteroatoms. The van der Waals surface area contributed by atoms with Gasteiger partial charge in [0, 0.05) is 18.3 Å². The van der Waals surface area contributed by atoms with Crippen molar-refractivity contribution in [2.45, 2.75) is 25.3 Å². The number of nitriles is 1. The third kappa shape index (κ3) is 3.23. The zero-order chi connectivity index (χ0) is 17.1. The highest BCUT2D eigenvalue weighted by atomic mass is 16.2. The van der Waals surface area contributed by atoms with E-state index in [-0.39, 0.29) is 49.9 Å². The number of hydrogen-bond acceptors (Lipinski definition) is 4. The van der Waals surface area contributed by atoms with Crippen LogP contribution in [0, 0.1) is 11.3 Å². The summed E-state index contributed by atoms with van der Waals surface area (Å²) in [6, 6.07) is 10.7. The Balaban J connectivity index is 1.72. The topological polar surface area (TPSA) is 84.7 Å². The van der Waals surface area contributed by atoms with Crippen LogP contribution in [0.3, 0.4) is 0 Å². The summed E-state index contributed by atoms with van der Waals surface area (Å²) in [6.07, 6.45) is 2.01. The van der Waals surface area contributed by atoms with E-state index in [4.69, 9.17) is 5.26 Å². The van der Waals surface area contributed by atoms with Crippen LogP contribution in [-0.2, 0) is 9.59 Å². The maximum absolute atomic E-state index is 12.6. The minimum Gasteiger partial charge on any atom is -0.312 e. The van der Waals surface area contributed by atoms with Crippen LogP contribution in [0.15, 0.2) is 30.3 Å². The number of carbonyl (C=O) groups is 3. The molecule has 0 radical (unpaired) electrons. The van der Waals surface area contributed by atoms with Crippen LogP contribution in [0.2, 0.25) is 0 Å². The fourth-order valence-electron chi connectivity index (χ4n) is 2.78. The summed E-state index contributed by atoms with van der Waals surface area (Å²) >= 11 is 0. The van der Waals surface area contributed by atoms with Crippen molar-refractivity contribution < 1.29 is 14.4 Å². The number of benzene rings is 1. The molecule has 24 heavy (non-hydrogen) atoms. The second kappa shape index (κ2) is 6.71. The Hall–Kier alpha value is -2.88. The number of amides is 4. The Morgan fingerprint density at radius 3 is 2.58 bits per heavy atom. The first-order chi connectivity index (χ1) is 11.6. The van der Waals surface area contributed by atoms with Gasteiger partial charge >= 0.3 is 6.03 Å². The number of rotatable bonds is 6. The molecule has 3 rings (SSSR count). The molecule has 1 aliphatic heterocycles. The normalized spacial score (nSPS) is 17.1. The lowest BCUT2D eigenvalue weighted by Crippen LogP contribution is -2.44. The van der Waals surface area contributed by atoms with Crippen LogP contribution >= 0.6 is 0 Å². The highest BCUT2D eigenvalue weighted by Crippen LogP contribution is 2.30. The van der Waals surface area contributed by atoms with E-state index in [2.05, 4.69) is 0 Å². The highest BCUT2D eigenvalue weighted by Gasteiger charge is 2.44. The second-order valence-electron chi connectivity index (χ2n) is 5.91. The lowest BCUT2D eigenvalue weighted by molar-refractivity contribution is -0.129. The summed E-state index contributed by atoms with van der Waals surface area (Å²) in [5.41, 5.74) is 0.649. The minimum atomic E-state index is -0.385. The molecule has 1 saturated carbocycles. The molecule has 0 bridgehead atoms. The molecule has 1 aliphatic carbocycles. The van der Waals surface area contributed by atoms with E-state index < -0.39 is 0 Å². The first-order valence-electron chi connectivity index (χ1n) is 7.95. The Bertz CT molecular complexity index is 694. The van der Waals surface area contributed by atoms with Gasteiger partial charge in [0.25, 0.3) is 5.91 Å². The number of nitrogens with zero attached hydrogens (tertiary/aromatic N) is 4. The summed E-state index contributed by atoms with van der Waals surface area (Å²) in [4.78, 5) is 41.0. The van der Waals surface area contributed by atoms with Crippen LogP contribution in [0.1, 0.15) is 19.3 Å². The van der Waals surface area contributed by atoms with Gasteiger partial charge in [-0.15, -0.1) is 0 Å². The number of para-hydroxylation sites is 1. The molecule has 0 spiro atoms. The molecule has 124 valence electrons. The molecule has 1 aromatic carbocycles. The molecule has 0 aromatic heterocycles. The van der Waals surface area contributed by atoms with Crippen LogP contribution < -0.4 is 4.90 Å². The van der Waals surface area contributed by atoms with E-state index in [1.165, 1.54) is 9.80 Å². The number of carbonyl (C=O) groups excluding carboxylic acids is 3. The number of anilines is 1. The molecule has 1 aromatic rings. The molecule has 1 heterocycles. The van der Waals surface area contributed by atoms with E-state index in [1.807, 2.05) is 12.1 Å². The molecule has 0 atom stereocenters. The second-order valence-corrected chi connectivity index (χ2v) is 5.91. The summed E-state index contributed by atoms with van der Waals surface area (Å²) < 4.78 is 0. The van der Waals surface area contributed by atoms with E-state index >= 15 is 0 Å². The first kappa shape index (κ1) is 16.0. The quantitative estimate of drug-likeness (QED) is 0.739. The van der Waals surface area contributed by atoms with Crippen molar-refractivity contribution in [3.63, 3.8) is 0 Å². The zero-order valence-electron chi connectivity index (χ0n) is 13.2. The van der Waals surface area contributed by atoms with Gasteiger partial charge in [-0.3, -0.25) is 14.5 Å². The molecule has 4 amide bonds. The third-order valence-corrected chi connectivity index (χ3v) is 4.18. The molecule has 2 fully saturated rings. The van der Waals surface area contributed by atoms with Gasteiger partial charge in [-0.1, -0.05) is 18.2 Å². The van der Waals surface area contributed by atoms with E-state index in [0.29, 0.717) is 5.69 Å². The summed E-state index contributed by atoms with van der Waals surface area (Å²) in [6.45, 7) is -0.0105. The Morgan fingerprint density at radius 1 is 1.25 bits per heavy atom. The van der Waals surface area contributed by atoms with Crippen molar-refractivity contribution in [2.75, 3.05) is 24.5 Å². The first-order valence-corrected chi connectivity index (χ1v) is 7.95. The summed E-state index contributed by atoms with van der Waals surface area (Å²) in [7, 11) is 0. The lowest BCUT2D eigenvalue weighted by Gasteiger charge is -2.24. The molecule has 7 nitrogen and oxygen atoms in total. The van der Waals surface area contributed by atoms with Gasteiger partial charge in [-0.05, 0) is 25.0 Å². The predicted molar refractivity (Wildman–Crippen MR) is 85.9 cm³/mol. The van der Waals surface area contributed by atoms with Crippen LogP contribution in [0.5, 0.6) is 0 Å². The number of imide groups is 1. The van der Waals surface area contributed by atoms with Crippen molar-refractivity contribution in [2.24, 2.45) is 0 Å². The summed E-state index contributed by atoms with van der Waals surface area (Å²) in [5.74, 6) is -0.704. The van der Waals surface area contributed by atoms with Crippen molar-refractivity contribution in [1.29, 1.82) is 5.26 Å². The fourth-order valence-corrected chi connectivity index (χ4v) is 2.78. The largest absolute Gasteiger partial charge is 0.327 e. The smallest absolute Gasteiger partial charge is 0.312 e. The standard InChI is InChI=1S/C17H18N4O3/c18-9-4-10-19(13-5-2-1-3-6-13)15(22)12-21-16(23)11-20(17(21)24)14-7-8-14/h1-3,5-6,14H,4,7-8,10-12H2. The number of urea groups is 1. The van der Waals surface area contributed by atoms with Crippen molar-refractivity contribution in [3.8, 4) is 6.07 Å². The minimum absolute atomic E-state index is 0.0559. The Kier molecular flexibility index (Phi) is 4.47. The maximum atomic E-state index is 12.6. The highest BCUT2D eigenvalue weighted by molar-refractivity contribution is 6.07. The van der Waals surface area contributed by atoms with Gasteiger partial charge in [0.05, 0.1) is 12.5 Å². The monoisotopic (exact) mass is 326 g/mol. The van der Waals surface area contributed by atoms with Gasteiger partial charge < -0.3 is 9.80 Å². The number of hydrogen-bond donors (Lipinski definition) is 0. The maximum Gasteiger partial charge on any atom is 0.327 e. The summed E-state index contributed by atoms with van der Waals surface area (Å²) in [5, 5.41) is 8.80. The van der Waals surface area contributed by atoms with Crippen LogP contribution in [-0.4, -0.2) is 53.3 Å². The third-order valence-electron chi connectivity index (χ3n) is 4.18. The molecule has 0 unspecified atom stereocenters. The Morgan fingerprint density at radius 2 is 1.96 bits per heavy atom. The fraction of sp³-hybridized carbons (Fsp3) is 0.412. The Labute approximate surface area is 140 Å². The van der Waals surface area contributed by atoms with Crippen LogP contribution in [0.25, 0.3) is 0 Å². The molecule has 1 saturated heterocycles. The molecule has 0 N–H and O–H groups in total. The average molecular weight is 326 g/mol. The van der Waals surface area contributed by atoms with Crippen molar-refractivity contribution in [3.05, 3.63) is 30.3 Å². The van der Waals surface area contributed by atoms with E-state index in [0.717, 1.165) is 17.7 Å². The predicted octanol–water partition coefficient (Wildman–Crippen LogP) is 1.36. The van der Waals surface area contributed by atoms with Gasteiger partial charge in [0.1, 0.15) is 13.1 Å². The SMILES string of the molecule is N#CCCN(C(=O)CN1C(=O)CN(C2CC2)C1=O)c1ccccc1. The van der Waals surface area contributed by atoms with Crippen molar-refractivity contribution in [1.82, 2.24) is 9.80 Å². The van der Waals surface area contributed by atoms with E-state index in [9.17, 15) is 14.4 Å². The molecular formula is C17H18N4O3. The van der Waals surface area contributed by atoms with Gasteiger partial charge in [-0.2, -0.15) is 5.26 Å². The lowest BCUT2D eigenvalue weighted by atomic mass is 10.2. The van der Waals surface area contributed by atoms with Gasteiger partial charge in [-0.25, -0.2) is 4.79 Å².